The van der Waals surface area contributed by atoms with Crippen molar-refractivity contribution in [3.05, 3.63) is 48.3 Å². The molecule has 1 fully saturated rings. The van der Waals surface area contributed by atoms with Gasteiger partial charge in [-0.2, -0.15) is 5.10 Å². The standard InChI is InChI=1S/C18H25N5O/c1-18(19,14-7-4-3-5-8-14)17(24)21-15-9-6-10-23(12-15)16-11-20-22(2)13-16/h3-5,7-8,11,13,15H,6,9-10,12,19H2,1-2H3,(H,21,24). The van der Waals surface area contributed by atoms with Crippen LogP contribution in [0.1, 0.15) is 25.3 Å². The zero-order chi connectivity index (χ0) is 17.2. The number of hydrogen-bond acceptors (Lipinski definition) is 4. The molecule has 3 N–H and O–H groups in total. The quantitative estimate of drug-likeness (QED) is 0.889. The topological polar surface area (TPSA) is 76.2 Å². The van der Waals surface area contributed by atoms with E-state index in [-0.39, 0.29) is 11.9 Å². The van der Waals surface area contributed by atoms with Crippen LogP contribution in [0.15, 0.2) is 42.7 Å². The molecule has 1 aromatic carbocycles. The van der Waals surface area contributed by atoms with Crippen LogP contribution in [0.5, 0.6) is 0 Å². The van der Waals surface area contributed by atoms with E-state index < -0.39 is 5.54 Å². The molecular weight excluding hydrogens is 302 g/mol. The minimum atomic E-state index is -1.03. The van der Waals surface area contributed by atoms with Crippen LogP contribution in [-0.4, -0.2) is 34.8 Å². The summed E-state index contributed by atoms with van der Waals surface area (Å²) in [5.41, 5.74) is 7.19. The van der Waals surface area contributed by atoms with E-state index in [4.69, 9.17) is 5.73 Å². The third-order valence-electron chi connectivity index (χ3n) is 4.66. The van der Waals surface area contributed by atoms with Gasteiger partial charge in [-0.1, -0.05) is 30.3 Å². The largest absolute Gasteiger partial charge is 0.367 e. The molecule has 1 aromatic heterocycles. The fourth-order valence-corrected chi connectivity index (χ4v) is 3.15. The van der Waals surface area contributed by atoms with Crippen molar-refractivity contribution >= 4 is 11.6 Å². The summed E-state index contributed by atoms with van der Waals surface area (Å²) in [6, 6.07) is 9.60. The van der Waals surface area contributed by atoms with Crippen LogP contribution in [0.3, 0.4) is 0 Å². The fourth-order valence-electron chi connectivity index (χ4n) is 3.15. The van der Waals surface area contributed by atoms with Crippen molar-refractivity contribution in [3.8, 4) is 0 Å². The first-order chi connectivity index (χ1) is 11.5. The van der Waals surface area contributed by atoms with E-state index in [1.54, 1.807) is 11.6 Å². The van der Waals surface area contributed by atoms with Crippen LogP contribution in [0.25, 0.3) is 0 Å². The summed E-state index contributed by atoms with van der Waals surface area (Å²) in [4.78, 5) is 15.0. The fraction of sp³-hybridized carbons (Fsp3) is 0.444. The van der Waals surface area contributed by atoms with Crippen LogP contribution >= 0.6 is 0 Å². The molecule has 6 heteroatoms. The highest BCUT2D eigenvalue weighted by atomic mass is 16.2. The summed E-state index contributed by atoms with van der Waals surface area (Å²) in [7, 11) is 1.91. The number of rotatable bonds is 4. The molecule has 0 bridgehead atoms. The van der Waals surface area contributed by atoms with Crippen molar-refractivity contribution in [2.24, 2.45) is 12.8 Å². The second-order valence-corrected chi connectivity index (χ2v) is 6.70. The minimum Gasteiger partial charge on any atom is -0.367 e. The number of anilines is 1. The lowest BCUT2D eigenvalue weighted by Gasteiger charge is -2.35. The summed E-state index contributed by atoms with van der Waals surface area (Å²) < 4.78 is 1.80. The van der Waals surface area contributed by atoms with Crippen molar-refractivity contribution in [1.29, 1.82) is 0 Å². The Balaban J connectivity index is 1.66. The second-order valence-electron chi connectivity index (χ2n) is 6.70. The number of piperidine rings is 1. The molecule has 1 amide bonds. The van der Waals surface area contributed by atoms with Crippen LogP contribution in [-0.2, 0) is 17.4 Å². The lowest BCUT2D eigenvalue weighted by molar-refractivity contribution is -0.126. The third kappa shape index (κ3) is 3.43. The summed E-state index contributed by atoms with van der Waals surface area (Å²) in [6.45, 7) is 3.53. The predicted octanol–water partition coefficient (Wildman–Crippen LogP) is 1.38. The lowest BCUT2D eigenvalue weighted by Crippen LogP contribution is -2.55. The van der Waals surface area contributed by atoms with Crippen molar-refractivity contribution in [2.75, 3.05) is 18.0 Å². The Morgan fingerprint density at radius 3 is 2.79 bits per heavy atom. The molecule has 0 aliphatic carbocycles. The lowest BCUT2D eigenvalue weighted by atomic mass is 9.91. The first-order valence-electron chi connectivity index (χ1n) is 8.36. The monoisotopic (exact) mass is 327 g/mol. The van der Waals surface area contributed by atoms with Gasteiger partial charge in [-0.25, -0.2) is 0 Å². The average molecular weight is 327 g/mol. The third-order valence-corrected chi connectivity index (χ3v) is 4.66. The Hall–Kier alpha value is -2.34. The van der Waals surface area contributed by atoms with E-state index in [1.165, 1.54) is 0 Å². The first-order valence-corrected chi connectivity index (χ1v) is 8.36. The molecule has 1 aliphatic heterocycles. The minimum absolute atomic E-state index is 0.0954. The molecular formula is C18H25N5O. The molecule has 3 rings (SSSR count). The summed E-state index contributed by atoms with van der Waals surface area (Å²) >= 11 is 0. The Labute approximate surface area is 142 Å². The van der Waals surface area contributed by atoms with Gasteiger partial charge < -0.3 is 16.0 Å². The number of hydrogen-bond donors (Lipinski definition) is 2. The molecule has 6 nitrogen and oxygen atoms in total. The van der Waals surface area contributed by atoms with Gasteiger partial charge in [0.2, 0.25) is 5.91 Å². The van der Waals surface area contributed by atoms with Gasteiger partial charge in [0.05, 0.1) is 11.9 Å². The van der Waals surface area contributed by atoms with Gasteiger partial charge in [-0.3, -0.25) is 9.48 Å². The first kappa shape index (κ1) is 16.5. The zero-order valence-electron chi connectivity index (χ0n) is 14.3. The Morgan fingerprint density at radius 2 is 2.12 bits per heavy atom. The number of nitrogens with zero attached hydrogens (tertiary/aromatic N) is 3. The van der Waals surface area contributed by atoms with Crippen molar-refractivity contribution < 1.29 is 4.79 Å². The maximum atomic E-state index is 12.7. The normalized spacial score (nSPS) is 20.5. The summed E-state index contributed by atoms with van der Waals surface area (Å²) in [6.07, 6.45) is 5.86. The van der Waals surface area contributed by atoms with Crippen molar-refractivity contribution in [2.45, 2.75) is 31.3 Å². The van der Waals surface area contributed by atoms with Crippen molar-refractivity contribution in [3.63, 3.8) is 0 Å². The molecule has 1 saturated heterocycles. The number of nitrogens with one attached hydrogen (secondary N) is 1. The van der Waals surface area contributed by atoms with E-state index >= 15 is 0 Å². The van der Waals surface area contributed by atoms with Crippen LogP contribution in [0.2, 0.25) is 0 Å². The van der Waals surface area contributed by atoms with Crippen LogP contribution in [0, 0.1) is 0 Å². The Bertz CT molecular complexity index is 694. The molecule has 128 valence electrons. The number of aryl methyl sites for hydroxylation is 1. The van der Waals surface area contributed by atoms with Gasteiger partial charge in [-0.05, 0) is 25.3 Å². The number of aromatic nitrogens is 2. The molecule has 0 spiro atoms. The van der Waals surface area contributed by atoms with Gasteiger partial charge in [0.1, 0.15) is 5.54 Å². The van der Waals surface area contributed by atoms with Gasteiger partial charge in [-0.15, -0.1) is 0 Å². The summed E-state index contributed by atoms with van der Waals surface area (Å²) in [5, 5.41) is 7.36. The van der Waals surface area contributed by atoms with Crippen LogP contribution in [0.4, 0.5) is 5.69 Å². The number of benzene rings is 1. The highest BCUT2D eigenvalue weighted by molar-refractivity contribution is 5.87. The molecule has 1 aliphatic rings. The number of amides is 1. The molecule has 24 heavy (non-hydrogen) atoms. The van der Waals surface area contributed by atoms with Gasteiger partial charge in [0.25, 0.3) is 0 Å². The molecule has 0 saturated carbocycles. The van der Waals surface area contributed by atoms with E-state index in [1.807, 2.05) is 49.8 Å². The van der Waals surface area contributed by atoms with E-state index in [0.717, 1.165) is 37.2 Å². The highest BCUT2D eigenvalue weighted by Gasteiger charge is 2.33. The van der Waals surface area contributed by atoms with Crippen LogP contribution < -0.4 is 16.0 Å². The van der Waals surface area contributed by atoms with E-state index in [9.17, 15) is 4.79 Å². The molecule has 0 radical (unpaired) electrons. The molecule has 2 atom stereocenters. The average Bonchev–Trinajstić information content (AvgIpc) is 3.02. The van der Waals surface area contributed by atoms with Gasteiger partial charge >= 0.3 is 0 Å². The number of nitrogens with two attached hydrogens (primary N) is 1. The predicted molar refractivity (Wildman–Crippen MR) is 94.6 cm³/mol. The van der Waals surface area contributed by atoms with Crippen molar-refractivity contribution in [1.82, 2.24) is 15.1 Å². The Kier molecular flexibility index (Phi) is 4.57. The van der Waals surface area contributed by atoms with Gasteiger partial charge in [0.15, 0.2) is 0 Å². The summed E-state index contributed by atoms with van der Waals surface area (Å²) in [5.74, 6) is -0.133. The maximum Gasteiger partial charge on any atom is 0.244 e. The zero-order valence-corrected chi connectivity index (χ0v) is 14.3. The number of carbonyl (C=O) groups is 1. The van der Waals surface area contributed by atoms with Gasteiger partial charge in [0, 0.05) is 32.4 Å². The molecule has 2 unspecified atom stereocenters. The van der Waals surface area contributed by atoms with E-state index in [0.29, 0.717) is 0 Å². The smallest absolute Gasteiger partial charge is 0.244 e. The molecule has 2 heterocycles. The SMILES string of the molecule is Cn1cc(N2CCCC(NC(=O)C(C)(N)c3ccccc3)C2)cn1. The molecule has 2 aromatic rings. The van der Waals surface area contributed by atoms with E-state index in [2.05, 4.69) is 15.3 Å². The second kappa shape index (κ2) is 6.65. The Morgan fingerprint density at radius 1 is 1.38 bits per heavy atom. The maximum absolute atomic E-state index is 12.7. The highest BCUT2D eigenvalue weighted by Crippen LogP contribution is 2.21. The number of carbonyl (C=O) groups excluding carboxylic acids is 1.